The average molecular weight is 314 g/mol. The van der Waals surface area contributed by atoms with Crippen LogP contribution in [0.5, 0.6) is 0 Å². The van der Waals surface area contributed by atoms with Gasteiger partial charge in [-0.1, -0.05) is 15.9 Å². The van der Waals surface area contributed by atoms with Crippen LogP contribution in [0.25, 0.3) is 0 Å². The van der Waals surface area contributed by atoms with Crippen LogP contribution in [0.4, 0.5) is 13.2 Å². The molecule has 0 fully saturated rings. The molecule has 1 heterocycles. The molecule has 4 nitrogen and oxygen atoms in total. The minimum Gasteiger partial charge on any atom is -0.327 e. The summed E-state index contributed by atoms with van der Waals surface area (Å²) >= 11 is 3.02. The molecule has 1 aromatic rings. The Morgan fingerprint density at radius 1 is 1.59 bits per heavy atom. The molecular weight excluding hydrogens is 303 g/mol. The average Bonchev–Trinajstić information content (AvgIpc) is 2.61. The summed E-state index contributed by atoms with van der Waals surface area (Å²) in [4.78, 5) is 12.6. The van der Waals surface area contributed by atoms with E-state index in [9.17, 15) is 18.0 Å². The van der Waals surface area contributed by atoms with E-state index in [1.54, 1.807) is 0 Å². The molecule has 1 amide bonds. The number of alkyl halides is 4. The quantitative estimate of drug-likeness (QED) is 0.795. The monoisotopic (exact) mass is 313 g/mol. The van der Waals surface area contributed by atoms with Crippen molar-refractivity contribution >= 4 is 21.8 Å². The molecule has 0 aliphatic carbocycles. The lowest BCUT2D eigenvalue weighted by atomic mass is 10.3. The number of amides is 1. The number of halogens is 4. The Morgan fingerprint density at radius 2 is 2.24 bits per heavy atom. The second-order valence-electron chi connectivity index (χ2n) is 3.37. The molecule has 1 aromatic heterocycles. The number of carbonyl (C=O) groups excluding carboxylic acids is 1. The van der Waals surface area contributed by atoms with E-state index in [-0.39, 0.29) is 17.6 Å². The molecule has 1 rings (SSSR count). The van der Waals surface area contributed by atoms with Crippen molar-refractivity contribution in [2.24, 2.45) is 7.05 Å². The molecule has 0 aliphatic rings. The second-order valence-corrected chi connectivity index (χ2v) is 4.16. The summed E-state index contributed by atoms with van der Waals surface area (Å²) in [7, 11) is 1.51. The summed E-state index contributed by atoms with van der Waals surface area (Å²) in [6.45, 7) is -1.27. The number of aromatic nitrogens is 2. The van der Waals surface area contributed by atoms with Gasteiger partial charge in [-0.3, -0.25) is 9.48 Å². The van der Waals surface area contributed by atoms with Crippen LogP contribution in [0.1, 0.15) is 10.5 Å². The maximum Gasteiger partial charge on any atom is 0.406 e. The van der Waals surface area contributed by atoms with E-state index < -0.39 is 18.6 Å². The zero-order chi connectivity index (χ0) is 13.1. The predicted molar refractivity (Wildman–Crippen MR) is 59.0 cm³/mol. The number of hydrogen-bond acceptors (Lipinski definition) is 2. The maximum atomic E-state index is 12.3. The second kappa shape index (κ2) is 5.52. The predicted octanol–water partition coefficient (Wildman–Crippen LogP) is 1.82. The minimum absolute atomic E-state index is 0.0104. The third kappa shape index (κ3) is 4.03. The fraction of sp³-hybridized carbons (Fsp3) is 0.556. The summed E-state index contributed by atoms with van der Waals surface area (Å²) in [5, 5.41) is 4.04. The third-order valence-corrected chi connectivity index (χ3v) is 2.41. The first-order valence-corrected chi connectivity index (χ1v) is 5.87. The van der Waals surface area contributed by atoms with Gasteiger partial charge in [0, 0.05) is 25.1 Å². The first-order valence-electron chi connectivity index (χ1n) is 4.75. The Kier molecular flexibility index (Phi) is 4.55. The van der Waals surface area contributed by atoms with E-state index in [0.717, 1.165) is 4.90 Å². The fourth-order valence-electron chi connectivity index (χ4n) is 1.32. The number of aryl methyl sites for hydroxylation is 1. The standard InChI is InChI=1S/C9H11BrF3N3O/c1-15-7(2-4-14-15)8(17)16(5-3-10)6-9(11,12)13/h2,4H,3,5-6H2,1H3. The highest BCUT2D eigenvalue weighted by atomic mass is 79.9. The van der Waals surface area contributed by atoms with E-state index in [2.05, 4.69) is 21.0 Å². The molecule has 0 atom stereocenters. The Bertz CT molecular complexity index is 391. The third-order valence-electron chi connectivity index (χ3n) is 2.05. The molecule has 0 aliphatic heterocycles. The van der Waals surface area contributed by atoms with Crippen LogP contribution >= 0.6 is 15.9 Å². The lowest BCUT2D eigenvalue weighted by Gasteiger charge is -2.22. The molecule has 8 heteroatoms. The SMILES string of the molecule is Cn1nccc1C(=O)N(CCBr)CC(F)(F)F. The van der Waals surface area contributed by atoms with Crippen molar-refractivity contribution in [1.29, 1.82) is 0 Å². The van der Waals surface area contributed by atoms with Gasteiger partial charge >= 0.3 is 6.18 Å². The van der Waals surface area contributed by atoms with E-state index >= 15 is 0 Å². The Labute approximate surface area is 105 Å². The van der Waals surface area contributed by atoms with Crippen LogP contribution in [0, 0.1) is 0 Å². The van der Waals surface area contributed by atoms with Crippen molar-refractivity contribution in [1.82, 2.24) is 14.7 Å². The summed E-state index contributed by atoms with van der Waals surface area (Å²) < 4.78 is 38.1. The number of carbonyl (C=O) groups is 1. The van der Waals surface area contributed by atoms with Gasteiger partial charge in [0.15, 0.2) is 0 Å². The van der Waals surface area contributed by atoms with E-state index in [4.69, 9.17) is 0 Å². The number of nitrogens with zero attached hydrogens (tertiary/aromatic N) is 3. The highest BCUT2D eigenvalue weighted by molar-refractivity contribution is 9.09. The van der Waals surface area contributed by atoms with Gasteiger partial charge in [-0.05, 0) is 6.07 Å². The van der Waals surface area contributed by atoms with Gasteiger partial charge in [0.25, 0.3) is 5.91 Å². The van der Waals surface area contributed by atoms with Crippen molar-refractivity contribution in [2.45, 2.75) is 6.18 Å². The van der Waals surface area contributed by atoms with Gasteiger partial charge in [-0.15, -0.1) is 0 Å². The topological polar surface area (TPSA) is 38.1 Å². The maximum absolute atomic E-state index is 12.3. The molecule has 0 radical (unpaired) electrons. The molecule has 96 valence electrons. The van der Waals surface area contributed by atoms with Crippen molar-refractivity contribution < 1.29 is 18.0 Å². The van der Waals surface area contributed by atoms with Crippen LogP contribution in [0.2, 0.25) is 0 Å². The van der Waals surface area contributed by atoms with Crippen molar-refractivity contribution in [2.75, 3.05) is 18.4 Å². The highest BCUT2D eigenvalue weighted by Crippen LogP contribution is 2.18. The van der Waals surface area contributed by atoms with Crippen LogP contribution < -0.4 is 0 Å². The summed E-state index contributed by atoms with van der Waals surface area (Å²) in [5.74, 6) is -0.679. The zero-order valence-corrected chi connectivity index (χ0v) is 10.6. The zero-order valence-electron chi connectivity index (χ0n) is 9.04. The van der Waals surface area contributed by atoms with Gasteiger partial charge in [-0.2, -0.15) is 18.3 Å². The normalized spacial score (nSPS) is 11.6. The van der Waals surface area contributed by atoms with Gasteiger partial charge < -0.3 is 4.90 Å². The van der Waals surface area contributed by atoms with Crippen molar-refractivity contribution in [3.63, 3.8) is 0 Å². The van der Waals surface area contributed by atoms with Gasteiger partial charge in [0.05, 0.1) is 0 Å². The van der Waals surface area contributed by atoms with E-state index in [1.165, 1.54) is 24.0 Å². The Balaban J connectivity index is 2.84. The minimum atomic E-state index is -4.41. The molecule has 17 heavy (non-hydrogen) atoms. The van der Waals surface area contributed by atoms with Crippen LogP contribution in [-0.2, 0) is 7.05 Å². The molecule has 0 spiro atoms. The fourth-order valence-corrected chi connectivity index (χ4v) is 1.74. The molecule has 0 saturated carbocycles. The van der Waals surface area contributed by atoms with E-state index in [1.807, 2.05) is 0 Å². The highest BCUT2D eigenvalue weighted by Gasteiger charge is 2.33. The Hall–Kier alpha value is -1.05. The van der Waals surface area contributed by atoms with E-state index in [0.29, 0.717) is 0 Å². The van der Waals surface area contributed by atoms with Crippen LogP contribution in [-0.4, -0.2) is 45.2 Å². The van der Waals surface area contributed by atoms with Crippen molar-refractivity contribution in [3.8, 4) is 0 Å². The largest absolute Gasteiger partial charge is 0.406 e. The summed E-state index contributed by atoms with van der Waals surface area (Å²) in [6.07, 6.45) is -3.04. The number of hydrogen-bond donors (Lipinski definition) is 0. The molecule has 0 N–H and O–H groups in total. The lowest BCUT2D eigenvalue weighted by Crippen LogP contribution is -2.40. The first-order chi connectivity index (χ1) is 7.85. The summed E-state index contributed by atoms with van der Waals surface area (Å²) in [6, 6.07) is 1.39. The molecule has 0 unspecified atom stereocenters. The Morgan fingerprint density at radius 3 is 2.65 bits per heavy atom. The number of rotatable bonds is 4. The smallest absolute Gasteiger partial charge is 0.327 e. The van der Waals surface area contributed by atoms with Crippen molar-refractivity contribution in [3.05, 3.63) is 18.0 Å². The van der Waals surface area contributed by atoms with Crippen LogP contribution in [0.3, 0.4) is 0 Å². The first kappa shape index (κ1) is 14.0. The van der Waals surface area contributed by atoms with Gasteiger partial charge in [0.2, 0.25) is 0 Å². The molecule has 0 saturated heterocycles. The van der Waals surface area contributed by atoms with Gasteiger partial charge in [0.1, 0.15) is 12.2 Å². The van der Waals surface area contributed by atoms with Gasteiger partial charge in [-0.25, -0.2) is 0 Å². The summed E-state index contributed by atoms with van der Waals surface area (Å²) in [5.41, 5.74) is 0.134. The molecule has 0 bridgehead atoms. The molecule has 0 aromatic carbocycles. The molecular formula is C9H11BrF3N3O. The lowest BCUT2D eigenvalue weighted by molar-refractivity contribution is -0.140. The van der Waals surface area contributed by atoms with Crippen LogP contribution in [0.15, 0.2) is 12.3 Å².